The molecule has 3 aromatic carbocycles. The van der Waals surface area contributed by atoms with E-state index in [2.05, 4.69) is 5.32 Å². The Morgan fingerprint density at radius 2 is 1.70 bits per heavy atom. The summed E-state index contributed by atoms with van der Waals surface area (Å²) in [5.74, 6) is -0.754. The van der Waals surface area contributed by atoms with Crippen LogP contribution in [0.5, 0.6) is 0 Å². The van der Waals surface area contributed by atoms with Gasteiger partial charge in [0.1, 0.15) is 12.4 Å². The van der Waals surface area contributed by atoms with E-state index in [0.29, 0.717) is 16.8 Å². The summed E-state index contributed by atoms with van der Waals surface area (Å²) in [6.45, 7) is 3.62. The zero-order chi connectivity index (χ0) is 21.5. The number of rotatable bonds is 4. The van der Waals surface area contributed by atoms with Crippen LogP contribution in [-0.2, 0) is 14.8 Å². The van der Waals surface area contributed by atoms with E-state index in [1.54, 1.807) is 24.3 Å². The molecule has 0 saturated heterocycles. The number of hydrogen-bond acceptors (Lipinski definition) is 3. The summed E-state index contributed by atoms with van der Waals surface area (Å²) in [6, 6.07) is 17.7. The number of halogens is 1. The topological polar surface area (TPSA) is 66.5 Å². The number of sulfonamides is 1. The summed E-state index contributed by atoms with van der Waals surface area (Å²) in [5.41, 5.74) is 2.75. The predicted molar refractivity (Wildman–Crippen MR) is 116 cm³/mol. The van der Waals surface area contributed by atoms with E-state index in [1.807, 2.05) is 32.0 Å². The van der Waals surface area contributed by atoms with Crippen molar-refractivity contribution in [1.82, 2.24) is 0 Å². The van der Waals surface area contributed by atoms with Gasteiger partial charge in [0.2, 0.25) is 5.91 Å². The van der Waals surface area contributed by atoms with E-state index in [1.165, 1.54) is 24.3 Å². The van der Waals surface area contributed by atoms with Crippen molar-refractivity contribution in [2.24, 2.45) is 0 Å². The van der Waals surface area contributed by atoms with Gasteiger partial charge in [-0.15, -0.1) is 0 Å². The Hall–Kier alpha value is -3.19. The summed E-state index contributed by atoms with van der Waals surface area (Å²) in [5, 5.41) is 2.82. The fraction of sp³-hybridized carbons (Fsp3) is 0.174. The Labute approximate surface area is 175 Å². The van der Waals surface area contributed by atoms with Crippen LogP contribution in [0.25, 0.3) is 11.1 Å². The van der Waals surface area contributed by atoms with E-state index in [-0.39, 0.29) is 16.5 Å². The molecule has 1 N–H and O–H groups in total. The van der Waals surface area contributed by atoms with Gasteiger partial charge in [0.25, 0.3) is 10.0 Å². The standard InChI is InChI=1S/C23H21FN2O3S/c1-15(2)17-7-3-5-9-20(17)25-23(27)14-26-21-12-11-16(24)13-19(21)18-8-4-6-10-22(18)30(26,28)29/h3-13,15H,14H2,1-2H3,(H,25,27). The summed E-state index contributed by atoms with van der Waals surface area (Å²) in [7, 11) is -3.97. The molecule has 154 valence electrons. The van der Waals surface area contributed by atoms with Crippen LogP contribution in [0.15, 0.2) is 71.6 Å². The second-order valence-corrected chi connectivity index (χ2v) is 9.29. The predicted octanol–water partition coefficient (Wildman–Crippen LogP) is 4.76. The van der Waals surface area contributed by atoms with Crippen molar-refractivity contribution in [3.05, 3.63) is 78.1 Å². The number of nitrogens with one attached hydrogen (secondary N) is 1. The molecule has 0 aliphatic carbocycles. The Kier molecular flexibility index (Phi) is 5.07. The SMILES string of the molecule is CC(C)c1ccccc1NC(=O)CN1c2ccc(F)cc2-c2ccccc2S1(=O)=O. The maximum atomic E-state index is 13.9. The van der Waals surface area contributed by atoms with E-state index in [9.17, 15) is 17.6 Å². The van der Waals surface area contributed by atoms with E-state index in [0.717, 1.165) is 9.87 Å². The van der Waals surface area contributed by atoms with Crippen molar-refractivity contribution in [2.45, 2.75) is 24.7 Å². The molecular weight excluding hydrogens is 403 g/mol. The van der Waals surface area contributed by atoms with Gasteiger partial charge in [-0.3, -0.25) is 9.10 Å². The molecule has 30 heavy (non-hydrogen) atoms. The quantitative estimate of drug-likeness (QED) is 0.656. The molecule has 5 nitrogen and oxygen atoms in total. The Bertz CT molecular complexity index is 1240. The highest BCUT2D eigenvalue weighted by Crippen LogP contribution is 2.43. The fourth-order valence-corrected chi connectivity index (χ4v) is 5.36. The molecule has 4 rings (SSSR count). The highest BCUT2D eigenvalue weighted by Gasteiger charge is 2.36. The highest BCUT2D eigenvalue weighted by atomic mass is 32.2. The fourth-order valence-electron chi connectivity index (χ4n) is 3.71. The maximum absolute atomic E-state index is 13.9. The van der Waals surface area contributed by atoms with Crippen molar-refractivity contribution >= 4 is 27.3 Å². The number of amides is 1. The van der Waals surface area contributed by atoms with Crippen LogP contribution in [0.3, 0.4) is 0 Å². The lowest BCUT2D eigenvalue weighted by Crippen LogP contribution is -2.40. The van der Waals surface area contributed by atoms with Gasteiger partial charge in [0.05, 0.1) is 10.6 Å². The highest BCUT2D eigenvalue weighted by molar-refractivity contribution is 7.93. The zero-order valence-corrected chi connectivity index (χ0v) is 17.4. The summed E-state index contributed by atoms with van der Waals surface area (Å²) in [4.78, 5) is 12.9. The van der Waals surface area contributed by atoms with Crippen molar-refractivity contribution in [2.75, 3.05) is 16.2 Å². The number of nitrogens with zero attached hydrogens (tertiary/aromatic N) is 1. The lowest BCUT2D eigenvalue weighted by Gasteiger charge is -2.31. The van der Waals surface area contributed by atoms with Gasteiger partial charge in [-0.05, 0) is 41.8 Å². The third-order valence-corrected chi connectivity index (χ3v) is 6.93. The van der Waals surface area contributed by atoms with Crippen LogP contribution in [0.4, 0.5) is 15.8 Å². The molecule has 0 unspecified atom stereocenters. The molecule has 0 atom stereocenters. The Balaban J connectivity index is 1.72. The summed E-state index contributed by atoms with van der Waals surface area (Å²) < 4.78 is 41.5. The molecule has 0 radical (unpaired) electrons. The molecule has 0 bridgehead atoms. The average Bonchev–Trinajstić information content (AvgIpc) is 2.71. The largest absolute Gasteiger partial charge is 0.324 e. The molecule has 0 aromatic heterocycles. The molecule has 0 saturated carbocycles. The molecule has 1 aliphatic heterocycles. The van der Waals surface area contributed by atoms with Gasteiger partial charge in [-0.2, -0.15) is 0 Å². The van der Waals surface area contributed by atoms with Crippen LogP contribution in [-0.4, -0.2) is 20.9 Å². The first-order valence-corrected chi connectivity index (χ1v) is 11.0. The molecule has 0 fully saturated rings. The second kappa shape index (κ2) is 7.57. The Morgan fingerprint density at radius 1 is 1.00 bits per heavy atom. The van der Waals surface area contributed by atoms with Crippen molar-refractivity contribution < 1.29 is 17.6 Å². The van der Waals surface area contributed by atoms with Gasteiger partial charge in [0, 0.05) is 16.8 Å². The third kappa shape index (κ3) is 3.45. The molecule has 1 amide bonds. The van der Waals surface area contributed by atoms with Crippen molar-refractivity contribution in [3.8, 4) is 11.1 Å². The summed E-state index contributed by atoms with van der Waals surface area (Å²) in [6.07, 6.45) is 0. The van der Waals surface area contributed by atoms with E-state index < -0.39 is 28.3 Å². The lowest BCUT2D eigenvalue weighted by molar-refractivity contribution is -0.114. The minimum Gasteiger partial charge on any atom is -0.324 e. The minimum absolute atomic E-state index is 0.0541. The van der Waals surface area contributed by atoms with Gasteiger partial charge >= 0.3 is 0 Å². The molecule has 7 heteroatoms. The van der Waals surface area contributed by atoms with Crippen LogP contribution in [0.2, 0.25) is 0 Å². The van der Waals surface area contributed by atoms with Crippen molar-refractivity contribution in [1.29, 1.82) is 0 Å². The van der Waals surface area contributed by atoms with Crippen LogP contribution < -0.4 is 9.62 Å². The monoisotopic (exact) mass is 424 g/mol. The number of fused-ring (bicyclic) bond motifs is 3. The lowest BCUT2D eigenvalue weighted by atomic mass is 10.0. The first-order chi connectivity index (χ1) is 14.3. The molecule has 1 heterocycles. The maximum Gasteiger partial charge on any atom is 0.265 e. The number of anilines is 2. The first kappa shape index (κ1) is 20.1. The van der Waals surface area contributed by atoms with E-state index in [4.69, 9.17) is 0 Å². The first-order valence-electron chi connectivity index (χ1n) is 9.59. The normalized spacial score (nSPS) is 14.2. The van der Waals surface area contributed by atoms with E-state index >= 15 is 0 Å². The molecule has 1 aliphatic rings. The number of hydrogen-bond donors (Lipinski definition) is 1. The second-order valence-electron chi connectivity index (χ2n) is 7.46. The summed E-state index contributed by atoms with van der Waals surface area (Å²) >= 11 is 0. The smallest absolute Gasteiger partial charge is 0.265 e. The van der Waals surface area contributed by atoms with Gasteiger partial charge in [-0.25, -0.2) is 12.8 Å². The van der Waals surface area contributed by atoms with Crippen LogP contribution in [0, 0.1) is 5.82 Å². The average molecular weight is 424 g/mol. The number of carbonyl (C=O) groups excluding carboxylic acids is 1. The third-order valence-electron chi connectivity index (χ3n) is 5.12. The Morgan fingerprint density at radius 3 is 2.47 bits per heavy atom. The van der Waals surface area contributed by atoms with Crippen LogP contribution in [0.1, 0.15) is 25.3 Å². The number of carbonyl (C=O) groups is 1. The van der Waals surface area contributed by atoms with Gasteiger partial charge in [-0.1, -0.05) is 50.2 Å². The number of benzene rings is 3. The molecular formula is C23H21FN2O3S. The minimum atomic E-state index is -3.97. The molecule has 0 spiro atoms. The van der Waals surface area contributed by atoms with Gasteiger partial charge in [0.15, 0.2) is 0 Å². The van der Waals surface area contributed by atoms with Crippen LogP contribution >= 0.6 is 0 Å². The van der Waals surface area contributed by atoms with Gasteiger partial charge < -0.3 is 5.32 Å². The number of para-hydroxylation sites is 1. The van der Waals surface area contributed by atoms with Crippen molar-refractivity contribution in [3.63, 3.8) is 0 Å². The molecule has 3 aromatic rings. The zero-order valence-electron chi connectivity index (χ0n) is 16.6.